The van der Waals surface area contributed by atoms with Crippen LogP contribution < -0.4 is 26.6 Å². The van der Waals surface area contributed by atoms with Gasteiger partial charge in [0.1, 0.15) is 31.8 Å². The highest BCUT2D eigenvalue weighted by Crippen LogP contribution is 2.25. The molecule has 63 heavy (non-hydrogen) atoms. The predicted molar refractivity (Wildman–Crippen MR) is 235 cm³/mol. The minimum absolute atomic E-state index is 0.0364. The molecule has 1 aliphatic heterocycles. The highest BCUT2D eigenvalue weighted by Gasteiger charge is 2.43. The number of aliphatic imine (C=N–C) groups is 2. The maximum atomic E-state index is 13.9. The van der Waals surface area contributed by atoms with E-state index >= 15 is 0 Å². The fourth-order valence-electron chi connectivity index (χ4n) is 5.79. The van der Waals surface area contributed by atoms with E-state index in [1.165, 1.54) is 9.80 Å². The number of nitrogens with zero attached hydrogens (tertiary/aromatic N) is 4. The van der Waals surface area contributed by atoms with Gasteiger partial charge in [-0.15, -0.1) is 0 Å². The van der Waals surface area contributed by atoms with Crippen molar-refractivity contribution in [1.82, 2.24) is 36.4 Å². The largest absolute Gasteiger partial charge is 0.462 e. The summed E-state index contributed by atoms with van der Waals surface area (Å²) in [5.74, 6) is -5.35. The van der Waals surface area contributed by atoms with Crippen LogP contribution in [0.1, 0.15) is 86.5 Å². The van der Waals surface area contributed by atoms with Gasteiger partial charge in [0.05, 0.1) is 26.2 Å². The molecule has 1 aliphatic rings. The van der Waals surface area contributed by atoms with Crippen LogP contribution in [0.5, 0.6) is 0 Å². The molecule has 0 aliphatic carbocycles. The van der Waals surface area contributed by atoms with Crippen molar-refractivity contribution in [2.45, 2.75) is 111 Å². The number of amides is 3. The third kappa shape index (κ3) is 22.0. The van der Waals surface area contributed by atoms with E-state index in [-0.39, 0.29) is 83.9 Å². The first-order valence-electron chi connectivity index (χ1n) is 21.6. The van der Waals surface area contributed by atoms with Gasteiger partial charge in [0.2, 0.25) is 35.4 Å². The fraction of sp³-hybridized carbons (Fsp3) is 0.667. The van der Waals surface area contributed by atoms with Crippen LogP contribution in [0.2, 0.25) is 0 Å². The monoisotopic (exact) mass is 894 g/mol. The zero-order valence-electron chi connectivity index (χ0n) is 38.0. The second-order valence-electron chi connectivity index (χ2n) is 13.7. The zero-order valence-corrected chi connectivity index (χ0v) is 38.0. The Labute approximate surface area is 371 Å². The Morgan fingerprint density at radius 3 is 1.35 bits per heavy atom. The Bertz CT molecular complexity index is 1460. The normalized spacial score (nSPS) is 15.7. The lowest BCUT2D eigenvalue weighted by molar-refractivity contribution is -0.140. The van der Waals surface area contributed by atoms with Gasteiger partial charge in [0.15, 0.2) is 0 Å². The number of carbonyl (C=O) groups is 6. The van der Waals surface area contributed by atoms with E-state index in [1.807, 2.05) is 20.8 Å². The lowest BCUT2D eigenvalue weighted by Crippen LogP contribution is -2.65. The number of hydrogen-bond acceptors (Lipinski definition) is 18. The molecule has 0 bridgehead atoms. The summed E-state index contributed by atoms with van der Waals surface area (Å²) in [6, 6.07) is 0. The first-order chi connectivity index (χ1) is 30.3. The summed E-state index contributed by atoms with van der Waals surface area (Å²) in [4.78, 5) is 90.5. The third-order valence-corrected chi connectivity index (χ3v) is 8.62. The molecule has 0 aromatic heterocycles. The summed E-state index contributed by atoms with van der Waals surface area (Å²) in [5.41, 5.74) is 0. The lowest BCUT2D eigenvalue weighted by Gasteiger charge is -2.43. The van der Waals surface area contributed by atoms with Crippen molar-refractivity contribution in [3.63, 3.8) is 0 Å². The van der Waals surface area contributed by atoms with Gasteiger partial charge in [-0.05, 0) is 40.0 Å². The molecular weight excluding hydrogens is 823 g/mol. The van der Waals surface area contributed by atoms with Crippen LogP contribution in [0.4, 0.5) is 0 Å². The molecule has 0 fully saturated rings. The van der Waals surface area contributed by atoms with E-state index in [4.69, 9.17) is 38.4 Å². The van der Waals surface area contributed by atoms with E-state index in [9.17, 15) is 28.8 Å². The van der Waals surface area contributed by atoms with Crippen LogP contribution in [0.15, 0.2) is 47.9 Å². The van der Waals surface area contributed by atoms with Crippen LogP contribution >= 0.6 is 0 Å². The maximum Gasteiger partial charge on any atom is 0.330 e. The minimum Gasteiger partial charge on any atom is -0.462 e. The molecule has 0 saturated carbocycles. The third-order valence-electron chi connectivity index (χ3n) is 8.62. The first kappa shape index (κ1) is 55.6. The smallest absolute Gasteiger partial charge is 0.330 e. The molecule has 0 aromatic carbocycles. The number of hydrogen-bond donors (Lipinski definition) is 5. The van der Waals surface area contributed by atoms with Crippen molar-refractivity contribution in [3.05, 3.63) is 38.0 Å². The van der Waals surface area contributed by atoms with E-state index in [0.29, 0.717) is 38.9 Å². The quantitative estimate of drug-likeness (QED) is 0.0266. The van der Waals surface area contributed by atoms with Crippen molar-refractivity contribution in [2.24, 2.45) is 9.98 Å². The van der Waals surface area contributed by atoms with Crippen molar-refractivity contribution < 1.29 is 57.2 Å². The Kier molecular flexibility index (Phi) is 28.5. The molecule has 3 unspecified atom stereocenters. The summed E-state index contributed by atoms with van der Waals surface area (Å²) in [7, 11) is 0. The lowest BCUT2D eigenvalue weighted by atomic mass is 10.2. The van der Waals surface area contributed by atoms with E-state index in [2.05, 4.69) is 46.3 Å². The van der Waals surface area contributed by atoms with Crippen LogP contribution in [0.25, 0.3) is 0 Å². The number of carbonyl (C=O) groups excluding carboxylic acids is 6. The average Bonchev–Trinajstić information content (AvgIpc) is 3.26. The van der Waals surface area contributed by atoms with Gasteiger partial charge >= 0.3 is 17.9 Å². The standard InChI is InChI=1S/C42H71N9O12/c1-10-22-43-31(52)28-42(47-34(58-16-7)19-25-61-37(55)13-4)48-40(50(29-32(53)44-23-11-2)35(59-17-8)20-26-62-38(56)14-5)46-41(49-42)51(30-33(54)45-24-12-3)36(60-18-9)21-27-63-39(57)15-6/h13-15,34-36,47H,4-6,10-12,16-30H2,1-3,7-9H3,(H,43,52)(H,44,53)(H,45,54)(H,46,48,49). The van der Waals surface area contributed by atoms with Crippen LogP contribution in [-0.4, -0.2) is 154 Å². The second-order valence-corrected chi connectivity index (χ2v) is 13.7. The summed E-state index contributed by atoms with van der Waals surface area (Å²) in [6.07, 6.45) is 1.74. The van der Waals surface area contributed by atoms with Gasteiger partial charge in [-0.2, -0.15) is 0 Å². The summed E-state index contributed by atoms with van der Waals surface area (Å²) in [5, 5.41) is 15.1. The number of nitrogens with one attached hydrogen (secondary N) is 5. The number of esters is 3. The molecule has 3 amide bonds. The van der Waals surface area contributed by atoms with Crippen LogP contribution in [0, 0.1) is 0 Å². The van der Waals surface area contributed by atoms with Gasteiger partial charge in [-0.25, -0.2) is 29.7 Å². The molecule has 0 aromatic rings. The molecule has 1 rings (SSSR count). The predicted octanol–water partition coefficient (Wildman–Crippen LogP) is 1.56. The molecule has 21 heteroatoms. The maximum absolute atomic E-state index is 13.9. The average molecular weight is 894 g/mol. The van der Waals surface area contributed by atoms with Gasteiger partial charge in [-0.1, -0.05) is 40.5 Å². The first-order valence-corrected chi connectivity index (χ1v) is 21.6. The van der Waals surface area contributed by atoms with Gasteiger partial charge in [0, 0.05) is 76.9 Å². The SMILES string of the molecule is C=CC(=O)OCCC(NC1(CC(=O)NCCC)N=C(N(CC(=O)NCCC)C(CCOC(=O)C=C)OCC)NC(N(CC(=O)NCCC)C(CCOC(=O)C=C)OCC)=N1)OCC. The molecule has 1 heterocycles. The van der Waals surface area contributed by atoms with Crippen molar-refractivity contribution >= 4 is 47.5 Å². The Hall–Kier alpha value is -5.38. The Balaban J connectivity index is 4.37. The Morgan fingerprint density at radius 1 is 0.603 bits per heavy atom. The molecule has 0 saturated heterocycles. The topological polar surface area (TPSA) is 249 Å². The molecule has 0 spiro atoms. The molecule has 5 N–H and O–H groups in total. The van der Waals surface area contributed by atoms with Gasteiger partial charge in [0.25, 0.3) is 0 Å². The number of rotatable bonds is 34. The van der Waals surface area contributed by atoms with E-state index < -0.39 is 66.5 Å². The summed E-state index contributed by atoms with van der Waals surface area (Å²) < 4.78 is 34.4. The molecule has 21 nitrogen and oxygen atoms in total. The molecule has 0 radical (unpaired) electrons. The summed E-state index contributed by atoms with van der Waals surface area (Å²) >= 11 is 0. The van der Waals surface area contributed by atoms with Gasteiger partial charge < -0.3 is 54.2 Å². The Morgan fingerprint density at radius 2 is 0.984 bits per heavy atom. The molecule has 3 atom stereocenters. The van der Waals surface area contributed by atoms with E-state index in [0.717, 1.165) is 18.2 Å². The van der Waals surface area contributed by atoms with Crippen LogP contribution in [-0.2, 0) is 57.2 Å². The number of guanidine groups is 2. The minimum atomic E-state index is -1.97. The van der Waals surface area contributed by atoms with Crippen LogP contribution in [0.3, 0.4) is 0 Å². The molecular formula is C42H71N9O12. The zero-order chi connectivity index (χ0) is 47.0. The van der Waals surface area contributed by atoms with Gasteiger partial charge in [-0.3, -0.25) is 19.7 Å². The fourth-order valence-corrected chi connectivity index (χ4v) is 5.79. The highest BCUT2D eigenvalue weighted by atomic mass is 16.5. The van der Waals surface area contributed by atoms with E-state index in [1.54, 1.807) is 20.8 Å². The number of ether oxygens (including phenoxy) is 6. The van der Waals surface area contributed by atoms with Crippen molar-refractivity contribution in [3.8, 4) is 0 Å². The summed E-state index contributed by atoms with van der Waals surface area (Å²) in [6.45, 7) is 21.7. The molecule has 356 valence electrons. The second kappa shape index (κ2) is 32.3. The van der Waals surface area contributed by atoms with Crippen molar-refractivity contribution in [2.75, 3.05) is 72.4 Å². The highest BCUT2D eigenvalue weighted by molar-refractivity contribution is 6.03. The van der Waals surface area contributed by atoms with Crippen molar-refractivity contribution in [1.29, 1.82) is 0 Å².